The molecule has 0 radical (unpaired) electrons. The fraction of sp³-hybridized carbons (Fsp3) is 0.292. The molecule has 0 bridgehead atoms. The number of rotatable bonds is 6. The lowest BCUT2D eigenvalue weighted by Gasteiger charge is -2.32. The van der Waals surface area contributed by atoms with Crippen LogP contribution in [0.25, 0.3) is 5.69 Å². The molecule has 3 aromatic rings. The van der Waals surface area contributed by atoms with Gasteiger partial charge in [-0.2, -0.15) is 5.10 Å². The molecule has 0 spiro atoms. The Morgan fingerprint density at radius 2 is 1.80 bits per heavy atom. The molecule has 1 N–H and O–H groups in total. The molecule has 6 nitrogen and oxygen atoms in total. The Kier molecular flexibility index (Phi) is 6.23. The number of aromatic nitrogens is 2. The van der Waals surface area contributed by atoms with Crippen molar-refractivity contribution in [2.24, 2.45) is 5.92 Å². The van der Waals surface area contributed by atoms with E-state index < -0.39 is 0 Å². The third-order valence-corrected chi connectivity index (χ3v) is 5.54. The minimum atomic E-state index is 0.0154. The van der Waals surface area contributed by atoms with Crippen LogP contribution in [0.15, 0.2) is 73.1 Å². The maximum Gasteiger partial charge on any atom is 0.226 e. The van der Waals surface area contributed by atoms with E-state index in [0.717, 1.165) is 42.9 Å². The SMILES string of the molecule is O=C(CC1CCN(C(=O)Cc2ccccc2)CC1)Nc1cccc(-n2cccn2)c1. The zero-order valence-corrected chi connectivity index (χ0v) is 16.9. The minimum absolute atomic E-state index is 0.0154. The highest BCUT2D eigenvalue weighted by molar-refractivity contribution is 5.91. The van der Waals surface area contributed by atoms with E-state index in [0.29, 0.717) is 18.8 Å². The van der Waals surface area contributed by atoms with Gasteiger partial charge >= 0.3 is 0 Å². The van der Waals surface area contributed by atoms with Gasteiger partial charge in [-0.05, 0) is 48.6 Å². The number of carbonyl (C=O) groups excluding carboxylic acids is 2. The van der Waals surface area contributed by atoms with Crippen molar-refractivity contribution >= 4 is 17.5 Å². The van der Waals surface area contributed by atoms with E-state index in [1.54, 1.807) is 10.9 Å². The van der Waals surface area contributed by atoms with Gasteiger partial charge in [0, 0.05) is 37.6 Å². The largest absolute Gasteiger partial charge is 0.342 e. The molecule has 0 saturated carbocycles. The molecule has 0 aliphatic carbocycles. The summed E-state index contributed by atoms with van der Waals surface area (Å²) in [5.74, 6) is 0.487. The maximum absolute atomic E-state index is 12.5. The van der Waals surface area contributed by atoms with Gasteiger partial charge in [0.1, 0.15) is 0 Å². The van der Waals surface area contributed by atoms with Gasteiger partial charge in [0.15, 0.2) is 0 Å². The molecule has 1 saturated heterocycles. The number of nitrogens with one attached hydrogen (secondary N) is 1. The lowest BCUT2D eigenvalue weighted by atomic mass is 9.93. The number of benzene rings is 2. The lowest BCUT2D eigenvalue weighted by molar-refractivity contribution is -0.131. The third kappa shape index (κ3) is 5.14. The van der Waals surface area contributed by atoms with E-state index in [1.807, 2.05) is 71.8 Å². The first kappa shape index (κ1) is 19.9. The molecule has 154 valence electrons. The summed E-state index contributed by atoms with van der Waals surface area (Å²) in [6, 6.07) is 19.4. The molecular weight excluding hydrogens is 376 g/mol. The van der Waals surface area contributed by atoms with Crippen LogP contribution in [0.2, 0.25) is 0 Å². The van der Waals surface area contributed by atoms with Crippen molar-refractivity contribution in [3.8, 4) is 5.69 Å². The lowest BCUT2D eigenvalue weighted by Crippen LogP contribution is -2.40. The summed E-state index contributed by atoms with van der Waals surface area (Å²) < 4.78 is 1.76. The number of likely N-dealkylation sites (tertiary alicyclic amines) is 1. The molecule has 2 aromatic carbocycles. The number of nitrogens with zero attached hydrogens (tertiary/aromatic N) is 3. The van der Waals surface area contributed by atoms with Gasteiger partial charge in [-0.3, -0.25) is 9.59 Å². The molecule has 0 atom stereocenters. The topological polar surface area (TPSA) is 67.2 Å². The Balaban J connectivity index is 1.25. The summed E-state index contributed by atoms with van der Waals surface area (Å²) in [6.45, 7) is 1.44. The van der Waals surface area contributed by atoms with E-state index in [-0.39, 0.29) is 11.8 Å². The van der Waals surface area contributed by atoms with Crippen LogP contribution in [0.4, 0.5) is 5.69 Å². The summed E-state index contributed by atoms with van der Waals surface area (Å²) >= 11 is 0. The van der Waals surface area contributed by atoms with E-state index in [4.69, 9.17) is 0 Å². The van der Waals surface area contributed by atoms with Crippen molar-refractivity contribution in [3.63, 3.8) is 0 Å². The van der Waals surface area contributed by atoms with E-state index in [1.165, 1.54) is 0 Å². The van der Waals surface area contributed by atoms with Crippen LogP contribution in [0, 0.1) is 5.92 Å². The second kappa shape index (κ2) is 9.39. The van der Waals surface area contributed by atoms with E-state index in [2.05, 4.69) is 10.4 Å². The third-order valence-electron chi connectivity index (χ3n) is 5.54. The Hall–Kier alpha value is -3.41. The molecule has 1 aromatic heterocycles. The Morgan fingerprint density at radius 1 is 1.00 bits per heavy atom. The van der Waals surface area contributed by atoms with Crippen molar-refractivity contribution in [1.82, 2.24) is 14.7 Å². The van der Waals surface area contributed by atoms with Crippen molar-refractivity contribution in [2.75, 3.05) is 18.4 Å². The molecule has 0 unspecified atom stereocenters. The zero-order chi connectivity index (χ0) is 20.8. The fourth-order valence-electron chi connectivity index (χ4n) is 3.89. The first-order valence-electron chi connectivity index (χ1n) is 10.4. The van der Waals surface area contributed by atoms with Gasteiger partial charge in [-0.25, -0.2) is 4.68 Å². The van der Waals surface area contributed by atoms with Crippen LogP contribution < -0.4 is 5.32 Å². The van der Waals surface area contributed by atoms with Gasteiger partial charge in [0.2, 0.25) is 11.8 Å². The predicted molar refractivity (Wildman–Crippen MR) is 116 cm³/mol. The molecule has 1 fully saturated rings. The highest BCUT2D eigenvalue weighted by Crippen LogP contribution is 2.22. The second-order valence-electron chi connectivity index (χ2n) is 7.74. The minimum Gasteiger partial charge on any atom is -0.342 e. The average molecular weight is 402 g/mol. The molecular formula is C24H26N4O2. The summed E-state index contributed by atoms with van der Waals surface area (Å²) in [6.07, 6.45) is 6.24. The van der Waals surface area contributed by atoms with Gasteiger partial charge < -0.3 is 10.2 Å². The maximum atomic E-state index is 12.5. The summed E-state index contributed by atoms with van der Waals surface area (Å²) in [5.41, 5.74) is 2.72. The molecule has 1 aliphatic heterocycles. The van der Waals surface area contributed by atoms with Gasteiger partial charge in [-0.15, -0.1) is 0 Å². The van der Waals surface area contributed by atoms with Crippen molar-refractivity contribution in [1.29, 1.82) is 0 Å². The number of anilines is 1. The fourth-order valence-corrected chi connectivity index (χ4v) is 3.89. The molecule has 6 heteroatoms. The van der Waals surface area contributed by atoms with Gasteiger partial charge in [-0.1, -0.05) is 36.4 Å². The van der Waals surface area contributed by atoms with E-state index >= 15 is 0 Å². The Labute approximate surface area is 176 Å². The van der Waals surface area contributed by atoms with Crippen LogP contribution >= 0.6 is 0 Å². The average Bonchev–Trinajstić information content (AvgIpc) is 3.30. The molecule has 30 heavy (non-hydrogen) atoms. The van der Waals surface area contributed by atoms with Crippen LogP contribution in [0.3, 0.4) is 0 Å². The first-order valence-corrected chi connectivity index (χ1v) is 10.4. The summed E-state index contributed by atoms with van der Waals surface area (Å²) in [4.78, 5) is 27.0. The molecule has 1 aliphatic rings. The van der Waals surface area contributed by atoms with Crippen LogP contribution in [0.5, 0.6) is 0 Å². The van der Waals surface area contributed by atoms with Crippen molar-refractivity contribution < 1.29 is 9.59 Å². The smallest absolute Gasteiger partial charge is 0.226 e. The van der Waals surface area contributed by atoms with Crippen LogP contribution in [-0.4, -0.2) is 39.6 Å². The van der Waals surface area contributed by atoms with Crippen molar-refractivity contribution in [3.05, 3.63) is 78.6 Å². The standard InChI is InChI=1S/C24H26N4O2/c29-23(26-21-8-4-9-22(18-21)28-13-5-12-25-28)16-20-10-14-27(15-11-20)24(30)17-19-6-2-1-3-7-19/h1-9,12-13,18,20H,10-11,14-17H2,(H,26,29). The number of hydrogen-bond acceptors (Lipinski definition) is 3. The van der Waals surface area contributed by atoms with E-state index in [9.17, 15) is 9.59 Å². The molecule has 2 heterocycles. The monoisotopic (exact) mass is 402 g/mol. The highest BCUT2D eigenvalue weighted by Gasteiger charge is 2.24. The van der Waals surface area contributed by atoms with Gasteiger partial charge in [0.25, 0.3) is 0 Å². The quantitative estimate of drug-likeness (QED) is 0.684. The normalized spacial score (nSPS) is 14.5. The molecule has 2 amide bonds. The Bertz CT molecular complexity index is 977. The van der Waals surface area contributed by atoms with Crippen molar-refractivity contribution in [2.45, 2.75) is 25.7 Å². The first-order chi connectivity index (χ1) is 14.7. The number of piperidine rings is 1. The summed E-state index contributed by atoms with van der Waals surface area (Å²) in [7, 11) is 0. The highest BCUT2D eigenvalue weighted by atomic mass is 16.2. The van der Waals surface area contributed by atoms with Gasteiger partial charge in [0.05, 0.1) is 12.1 Å². The zero-order valence-electron chi connectivity index (χ0n) is 16.9. The Morgan fingerprint density at radius 3 is 2.53 bits per heavy atom. The van der Waals surface area contributed by atoms with Crippen LogP contribution in [0.1, 0.15) is 24.8 Å². The molecule has 4 rings (SSSR count). The predicted octanol–water partition coefficient (Wildman–Crippen LogP) is 3.68. The number of amides is 2. The number of carbonyl (C=O) groups is 2. The number of hydrogen-bond donors (Lipinski definition) is 1. The van der Waals surface area contributed by atoms with Crippen LogP contribution in [-0.2, 0) is 16.0 Å². The summed E-state index contributed by atoms with van der Waals surface area (Å²) in [5, 5.41) is 7.22. The second-order valence-corrected chi connectivity index (χ2v) is 7.74.